The molecule has 5 heteroatoms. The Balaban J connectivity index is 1.50. The molecule has 4 rings (SSSR count). The molecule has 4 nitrogen and oxygen atoms in total. The van der Waals surface area contributed by atoms with Crippen molar-refractivity contribution in [3.8, 4) is 0 Å². The monoisotopic (exact) mass is 362 g/mol. The van der Waals surface area contributed by atoms with Crippen molar-refractivity contribution in [3.63, 3.8) is 0 Å². The van der Waals surface area contributed by atoms with Crippen molar-refractivity contribution < 1.29 is 9.84 Å². The van der Waals surface area contributed by atoms with E-state index in [4.69, 9.17) is 16.3 Å². The minimum Gasteiger partial charge on any atom is -0.390 e. The van der Waals surface area contributed by atoms with E-state index in [2.05, 4.69) is 16.0 Å². The molecule has 0 amide bonds. The molecule has 1 fully saturated rings. The lowest BCUT2D eigenvalue weighted by atomic mass is 9.95. The second-order valence-corrected chi connectivity index (χ2v) is 7.73. The van der Waals surface area contributed by atoms with Gasteiger partial charge in [-0.25, -0.2) is 0 Å². The summed E-state index contributed by atoms with van der Waals surface area (Å²) in [4.78, 5) is 0. The van der Waals surface area contributed by atoms with Crippen LogP contribution in [0.3, 0.4) is 0 Å². The van der Waals surface area contributed by atoms with E-state index in [-0.39, 0.29) is 0 Å². The maximum atomic E-state index is 10.6. The number of aromatic nitrogens is 1. The molecule has 1 aliphatic heterocycles. The van der Waals surface area contributed by atoms with Crippen LogP contribution in [0.4, 0.5) is 0 Å². The zero-order valence-corrected chi connectivity index (χ0v) is 15.4. The first kappa shape index (κ1) is 17.3. The molecule has 0 saturated carbocycles. The molecule has 1 saturated heterocycles. The molecule has 0 bridgehead atoms. The van der Waals surface area contributed by atoms with Crippen LogP contribution in [0.25, 0.3) is 10.9 Å². The smallest absolute Gasteiger partial charge is 0.0843 e. The number of halogens is 1. The van der Waals surface area contributed by atoms with Crippen molar-refractivity contribution in [2.24, 2.45) is 0 Å². The Bertz CT molecular complexity index is 737. The van der Waals surface area contributed by atoms with E-state index in [1.807, 2.05) is 12.1 Å². The van der Waals surface area contributed by atoms with Crippen molar-refractivity contribution in [3.05, 3.63) is 34.5 Å². The minimum absolute atomic E-state index is 0.307. The standard InChI is InChI=1S/C20H27ClN2O2/c21-18-8-3-7-17-16-6-1-2-9-19(16)23(20(17)18)13-14(24)11-22-12-15-5-4-10-25-15/h3,7-8,14-15,22,24H,1-2,4-6,9-13H2. The topological polar surface area (TPSA) is 46.4 Å². The van der Waals surface area contributed by atoms with Gasteiger partial charge in [-0.1, -0.05) is 23.7 Å². The molecule has 1 aromatic heterocycles. The third-order valence-electron chi connectivity index (χ3n) is 5.52. The highest BCUT2D eigenvalue weighted by Gasteiger charge is 2.23. The first-order chi connectivity index (χ1) is 12.2. The van der Waals surface area contributed by atoms with Crippen LogP contribution in [0.2, 0.25) is 5.02 Å². The fourth-order valence-electron chi connectivity index (χ4n) is 4.34. The van der Waals surface area contributed by atoms with Gasteiger partial charge in [-0.05, 0) is 50.2 Å². The summed E-state index contributed by atoms with van der Waals surface area (Å²) in [6.45, 7) is 2.87. The molecule has 2 aliphatic rings. The summed E-state index contributed by atoms with van der Waals surface area (Å²) in [5, 5.41) is 16.0. The number of hydrogen-bond donors (Lipinski definition) is 2. The third kappa shape index (κ3) is 3.59. The fourth-order valence-corrected chi connectivity index (χ4v) is 4.62. The number of hydrogen-bond acceptors (Lipinski definition) is 3. The number of rotatable bonds is 6. The minimum atomic E-state index is -0.431. The van der Waals surface area contributed by atoms with Gasteiger partial charge < -0.3 is 19.7 Å². The molecule has 25 heavy (non-hydrogen) atoms. The first-order valence-corrected chi connectivity index (χ1v) is 9.90. The summed E-state index contributed by atoms with van der Waals surface area (Å²) < 4.78 is 7.89. The Labute approximate surface area is 154 Å². The molecule has 0 radical (unpaired) electrons. The number of ether oxygens (including phenoxy) is 1. The molecule has 136 valence electrons. The van der Waals surface area contributed by atoms with Crippen molar-refractivity contribution in [2.75, 3.05) is 19.7 Å². The third-order valence-corrected chi connectivity index (χ3v) is 5.82. The molecular weight excluding hydrogens is 336 g/mol. The molecule has 2 unspecified atom stereocenters. The average Bonchev–Trinajstić information content (AvgIpc) is 3.23. The summed E-state index contributed by atoms with van der Waals surface area (Å²) in [5.41, 5.74) is 3.89. The maximum absolute atomic E-state index is 10.6. The van der Waals surface area contributed by atoms with E-state index in [0.29, 0.717) is 19.2 Å². The molecule has 0 spiro atoms. The van der Waals surface area contributed by atoms with E-state index in [1.54, 1.807) is 0 Å². The Morgan fingerprint density at radius 1 is 1.28 bits per heavy atom. The molecule has 2 heterocycles. The summed E-state index contributed by atoms with van der Waals surface area (Å²) in [6, 6.07) is 6.15. The summed E-state index contributed by atoms with van der Waals surface area (Å²) >= 11 is 6.52. The van der Waals surface area contributed by atoms with Gasteiger partial charge in [0, 0.05) is 30.8 Å². The van der Waals surface area contributed by atoms with Gasteiger partial charge in [0.1, 0.15) is 0 Å². The lowest BCUT2D eigenvalue weighted by Gasteiger charge is -2.20. The average molecular weight is 363 g/mol. The predicted molar refractivity (Wildman–Crippen MR) is 101 cm³/mol. The number of aliphatic hydroxyl groups is 1. The van der Waals surface area contributed by atoms with E-state index < -0.39 is 6.10 Å². The number of nitrogens with zero attached hydrogens (tertiary/aromatic N) is 1. The molecule has 1 aliphatic carbocycles. The molecule has 2 atom stereocenters. The SMILES string of the molecule is OC(CNCC1CCCO1)Cn1c2c(c3cccc(Cl)c31)CCCC2. The second-order valence-electron chi connectivity index (χ2n) is 7.33. The number of benzene rings is 1. The van der Waals surface area contributed by atoms with Crippen LogP contribution in [-0.4, -0.2) is 41.6 Å². The predicted octanol–water partition coefficient (Wildman–Crippen LogP) is 3.30. The zero-order valence-electron chi connectivity index (χ0n) is 14.6. The van der Waals surface area contributed by atoms with E-state index >= 15 is 0 Å². The van der Waals surface area contributed by atoms with Crippen LogP contribution in [-0.2, 0) is 24.1 Å². The van der Waals surface area contributed by atoms with Gasteiger partial charge in [0.15, 0.2) is 0 Å². The maximum Gasteiger partial charge on any atom is 0.0843 e. The Morgan fingerprint density at radius 2 is 2.16 bits per heavy atom. The van der Waals surface area contributed by atoms with Gasteiger partial charge >= 0.3 is 0 Å². The van der Waals surface area contributed by atoms with E-state index in [9.17, 15) is 5.11 Å². The van der Waals surface area contributed by atoms with Gasteiger partial charge in [0.25, 0.3) is 0 Å². The fraction of sp³-hybridized carbons (Fsp3) is 0.600. The summed E-state index contributed by atoms with van der Waals surface area (Å²) in [7, 11) is 0. The zero-order chi connectivity index (χ0) is 17.2. The lowest BCUT2D eigenvalue weighted by molar-refractivity contribution is 0.101. The second kappa shape index (κ2) is 7.67. The first-order valence-electron chi connectivity index (χ1n) is 9.53. The van der Waals surface area contributed by atoms with E-state index in [0.717, 1.165) is 49.4 Å². The van der Waals surface area contributed by atoms with E-state index in [1.165, 1.54) is 29.5 Å². The van der Waals surface area contributed by atoms with Crippen LogP contribution in [0, 0.1) is 0 Å². The van der Waals surface area contributed by atoms with Gasteiger partial charge in [-0.2, -0.15) is 0 Å². The van der Waals surface area contributed by atoms with Gasteiger partial charge in [0.05, 0.1) is 29.3 Å². The number of aryl methyl sites for hydroxylation is 1. The van der Waals surface area contributed by atoms with Crippen LogP contribution in [0.15, 0.2) is 18.2 Å². The number of nitrogens with one attached hydrogen (secondary N) is 1. The van der Waals surface area contributed by atoms with Crippen molar-refractivity contribution >= 4 is 22.5 Å². The van der Waals surface area contributed by atoms with Gasteiger partial charge in [-0.15, -0.1) is 0 Å². The summed E-state index contributed by atoms with van der Waals surface area (Å²) in [6.07, 6.45) is 6.80. The largest absolute Gasteiger partial charge is 0.390 e. The number of fused-ring (bicyclic) bond motifs is 3. The quantitative estimate of drug-likeness (QED) is 0.828. The molecule has 2 N–H and O–H groups in total. The van der Waals surface area contributed by atoms with Crippen molar-refractivity contribution in [2.45, 2.75) is 57.3 Å². The van der Waals surface area contributed by atoms with Gasteiger partial charge in [0.2, 0.25) is 0 Å². The Hall–Kier alpha value is -1.07. The number of para-hydroxylation sites is 1. The lowest BCUT2D eigenvalue weighted by Crippen LogP contribution is -2.35. The van der Waals surface area contributed by atoms with Gasteiger partial charge in [-0.3, -0.25) is 0 Å². The molecule has 1 aromatic carbocycles. The highest BCUT2D eigenvalue weighted by molar-refractivity contribution is 6.35. The Kier molecular flexibility index (Phi) is 5.32. The van der Waals surface area contributed by atoms with Crippen molar-refractivity contribution in [1.82, 2.24) is 9.88 Å². The Morgan fingerprint density at radius 3 is 3.00 bits per heavy atom. The highest BCUT2D eigenvalue weighted by atomic mass is 35.5. The molecule has 2 aromatic rings. The van der Waals surface area contributed by atoms with Crippen LogP contribution in [0.5, 0.6) is 0 Å². The van der Waals surface area contributed by atoms with Crippen LogP contribution in [0.1, 0.15) is 36.9 Å². The van der Waals surface area contributed by atoms with Crippen molar-refractivity contribution in [1.29, 1.82) is 0 Å². The summed E-state index contributed by atoms with van der Waals surface area (Å²) in [5.74, 6) is 0. The normalized spacial score (nSPS) is 21.6. The van der Waals surface area contributed by atoms with Crippen LogP contribution >= 0.6 is 11.6 Å². The van der Waals surface area contributed by atoms with Crippen LogP contribution < -0.4 is 5.32 Å². The molecular formula is C20H27ClN2O2. The highest BCUT2D eigenvalue weighted by Crippen LogP contribution is 2.35. The number of aliphatic hydroxyl groups excluding tert-OH is 1.